The van der Waals surface area contributed by atoms with Gasteiger partial charge in [-0.1, -0.05) is 116 Å². The van der Waals surface area contributed by atoms with Gasteiger partial charge < -0.3 is 59.9 Å². The van der Waals surface area contributed by atoms with E-state index in [4.69, 9.17) is 28.4 Å². The lowest BCUT2D eigenvalue weighted by Gasteiger charge is -2.25. The lowest BCUT2D eigenvalue weighted by atomic mass is 9.91. The highest BCUT2D eigenvalue weighted by atomic mass is 16.6. The van der Waals surface area contributed by atoms with Crippen LogP contribution in [0.15, 0.2) is 165 Å². The minimum atomic E-state index is -0.244. The van der Waals surface area contributed by atoms with Gasteiger partial charge in [0.05, 0.1) is 6.54 Å². The van der Waals surface area contributed by atoms with Crippen molar-refractivity contribution in [1.82, 2.24) is 0 Å². The van der Waals surface area contributed by atoms with Crippen molar-refractivity contribution < 1.29 is 57.2 Å². The number of fused-ring (bicyclic) bond motifs is 6. The zero-order valence-corrected chi connectivity index (χ0v) is 55.0. The lowest BCUT2D eigenvalue weighted by molar-refractivity contribution is -0.118. The number of nitrogens with one attached hydrogen (secondary N) is 5. The Morgan fingerprint density at radius 2 is 0.814 bits per heavy atom. The van der Waals surface area contributed by atoms with Gasteiger partial charge in [-0.15, -0.1) is 0 Å². The van der Waals surface area contributed by atoms with Gasteiger partial charge in [-0.3, -0.25) is 28.8 Å². The highest BCUT2D eigenvalue weighted by molar-refractivity contribution is 6.00. The van der Waals surface area contributed by atoms with Crippen LogP contribution in [0, 0.1) is 0 Å². The summed E-state index contributed by atoms with van der Waals surface area (Å²) >= 11 is 0. The number of aryl methyl sites for hydroxylation is 4. The molecule has 0 unspecified atom stereocenters. The summed E-state index contributed by atoms with van der Waals surface area (Å²) < 4.78 is 32.7. The first-order chi connectivity index (χ1) is 46.3. The van der Waals surface area contributed by atoms with Crippen molar-refractivity contribution in [1.29, 1.82) is 0 Å². The van der Waals surface area contributed by atoms with E-state index in [1.54, 1.807) is 41.3 Å². The fourth-order valence-corrected chi connectivity index (χ4v) is 11.1. The Kier molecular flexibility index (Phi) is 30.8. The number of anilines is 6. The average Bonchev–Trinajstić information content (AvgIpc) is 1.30. The maximum Gasteiger partial charge on any atom is 0.247 e. The first-order valence-corrected chi connectivity index (χ1v) is 32.9. The molecule has 0 aromatic heterocycles. The molecule has 5 N–H and O–H groups in total. The summed E-state index contributed by atoms with van der Waals surface area (Å²) in [6, 6.07) is 44.8. The van der Waals surface area contributed by atoms with E-state index in [-0.39, 0.29) is 50.3 Å². The zero-order chi connectivity index (χ0) is 67.3. The highest BCUT2D eigenvalue weighted by Gasteiger charge is 2.21. The van der Waals surface area contributed by atoms with Gasteiger partial charge >= 0.3 is 0 Å². The van der Waals surface area contributed by atoms with Crippen molar-refractivity contribution >= 4 is 69.6 Å². The normalized spacial score (nSPS) is 13.2. The minimum absolute atomic E-state index is 0. The molecule has 0 radical (unpaired) electrons. The molecule has 18 nitrogen and oxygen atoms in total. The molecule has 0 fully saturated rings. The molecule has 18 heteroatoms. The standard InChI is InChI=1S/C18H19NO3.C13H17NO.C12H15NO.C12H13NO.C11H13NO3.C11H11NO3.2CH4/c1-2-18(20)19(13-14-6-4-3-5-7-14)15-8-9-16-17(12-15)22-11-10-21-16;1-2-13(15)14-12-8-7-10-5-3-4-6-11(10)9-12;2*1-2-12(14)13-11-8-4-6-9-5-3-7-10(9)11;2*1-2-11(13)12-8-3-4-9-10(7-8)15-6-5-14-9;;/h3-9,12H,2,10-11,13H2,1H3;7-9H,2-6H2,1H3,(H,14,15);4,6,8H,2-3,5,7H2,1H3,(H,13,14);2,4,6,8H,1,3,5,7H2,(H,13,14);3-4,7H,2,5-6H2,1H3,(H,12,13);2-4,7H,1,5-6H2,(H,12,13);2*1H4. The van der Waals surface area contributed by atoms with Crippen LogP contribution < -0.4 is 59.9 Å². The SMILES string of the molecule is C.C.C=CC(=O)Nc1ccc2c(c1)OCCO2.C=CC(=O)Nc1cccc2c1CCC2.CCC(=O)N(Cc1ccccc1)c1ccc2c(c1)OCCO2.CCC(=O)Nc1ccc2c(c1)CCCC2.CCC(=O)Nc1ccc2c(c1)OCCO2.CCC(=O)Nc1cccc2c1CCC2. The van der Waals surface area contributed by atoms with Crippen molar-refractivity contribution in [2.24, 2.45) is 0 Å². The molecule has 6 aliphatic rings. The molecule has 514 valence electrons. The van der Waals surface area contributed by atoms with Crippen LogP contribution >= 0.6 is 0 Å². The number of carbonyl (C=O) groups is 6. The van der Waals surface area contributed by atoms with Gasteiger partial charge in [0.2, 0.25) is 35.4 Å². The van der Waals surface area contributed by atoms with Crippen LogP contribution in [0.2, 0.25) is 0 Å². The van der Waals surface area contributed by atoms with Gasteiger partial charge in [-0.2, -0.15) is 0 Å². The van der Waals surface area contributed by atoms with Crippen molar-refractivity contribution in [3.05, 3.63) is 204 Å². The van der Waals surface area contributed by atoms with E-state index in [1.807, 2.05) is 107 Å². The van der Waals surface area contributed by atoms with Crippen molar-refractivity contribution in [2.75, 3.05) is 71.1 Å². The quantitative estimate of drug-likeness (QED) is 0.0642. The first kappa shape index (κ1) is 75.7. The Morgan fingerprint density at radius 3 is 1.32 bits per heavy atom. The van der Waals surface area contributed by atoms with Gasteiger partial charge in [-0.05, 0) is 176 Å². The van der Waals surface area contributed by atoms with Crippen molar-refractivity contribution in [2.45, 2.75) is 139 Å². The molecule has 0 atom stereocenters. The number of benzene rings is 7. The second kappa shape index (κ2) is 39.5. The summed E-state index contributed by atoms with van der Waals surface area (Å²) in [6.07, 6.45) is 16.3. The highest BCUT2D eigenvalue weighted by Crippen LogP contribution is 2.37. The summed E-state index contributed by atoms with van der Waals surface area (Å²) in [5, 5.41) is 14.1. The summed E-state index contributed by atoms with van der Waals surface area (Å²) in [6.45, 7) is 18.1. The van der Waals surface area contributed by atoms with Crippen molar-refractivity contribution in [3.8, 4) is 34.5 Å². The molecule has 0 saturated heterocycles. The number of hydrogen-bond donors (Lipinski definition) is 5. The summed E-state index contributed by atoms with van der Waals surface area (Å²) in [5.41, 5.74) is 14.5. The van der Waals surface area contributed by atoms with Crippen molar-refractivity contribution in [3.63, 3.8) is 0 Å². The van der Waals surface area contributed by atoms with E-state index in [9.17, 15) is 28.8 Å². The second-order valence-electron chi connectivity index (χ2n) is 22.7. The molecule has 7 aromatic rings. The third kappa shape index (κ3) is 22.9. The van der Waals surface area contributed by atoms with Crippen LogP contribution in [0.5, 0.6) is 34.5 Å². The van der Waals surface area contributed by atoms with E-state index in [0.29, 0.717) is 101 Å². The smallest absolute Gasteiger partial charge is 0.247 e. The van der Waals surface area contributed by atoms with E-state index in [1.165, 1.54) is 77.6 Å². The van der Waals surface area contributed by atoms with Crippen LogP contribution in [-0.4, -0.2) is 75.1 Å². The molecular formula is C79H96N6O12. The van der Waals surface area contributed by atoms with Gasteiger partial charge in [0.15, 0.2) is 34.5 Å². The number of carbonyl (C=O) groups excluding carboxylic acids is 6. The molecule has 7 aromatic carbocycles. The molecule has 0 spiro atoms. The van der Waals surface area contributed by atoms with Crippen LogP contribution in [0.1, 0.15) is 133 Å². The molecule has 13 rings (SSSR count). The molecule has 97 heavy (non-hydrogen) atoms. The fourth-order valence-electron chi connectivity index (χ4n) is 11.1. The Labute approximate surface area is 572 Å². The van der Waals surface area contributed by atoms with Gasteiger partial charge in [0.25, 0.3) is 0 Å². The molecule has 3 heterocycles. The third-order valence-corrected chi connectivity index (χ3v) is 16.1. The van der Waals surface area contributed by atoms with E-state index in [2.05, 4.69) is 64.0 Å². The number of rotatable bonds is 14. The minimum Gasteiger partial charge on any atom is -0.486 e. The Morgan fingerprint density at radius 1 is 0.392 bits per heavy atom. The van der Waals surface area contributed by atoms with E-state index in [0.717, 1.165) is 77.6 Å². The Balaban J connectivity index is 0.000000185. The number of nitrogens with zero attached hydrogens (tertiary/aromatic N) is 1. The topological polar surface area (TPSA) is 221 Å². The maximum absolute atomic E-state index is 12.3. The Bertz CT molecular complexity index is 3720. The number of ether oxygens (including phenoxy) is 6. The van der Waals surface area contributed by atoms with Gasteiger partial charge in [0, 0.05) is 78.0 Å². The molecule has 0 saturated carbocycles. The predicted octanol–water partition coefficient (Wildman–Crippen LogP) is 15.8. The van der Waals surface area contributed by atoms with Crippen LogP contribution in [-0.2, 0) is 73.8 Å². The summed E-state index contributed by atoms with van der Waals surface area (Å²) in [7, 11) is 0. The molecule has 0 bridgehead atoms. The van der Waals surface area contributed by atoms with Gasteiger partial charge in [0.1, 0.15) is 39.6 Å². The summed E-state index contributed by atoms with van der Waals surface area (Å²) in [4.78, 5) is 70.0. The fraction of sp³-hybridized carbons (Fsp3) is 0.342. The first-order valence-electron chi connectivity index (χ1n) is 32.9. The number of hydrogen-bond acceptors (Lipinski definition) is 12. The zero-order valence-electron chi connectivity index (χ0n) is 55.0. The molecule has 3 aliphatic carbocycles. The average molecular weight is 1320 g/mol. The summed E-state index contributed by atoms with van der Waals surface area (Å²) in [5.74, 6) is 4.11. The largest absolute Gasteiger partial charge is 0.486 e. The third-order valence-electron chi connectivity index (χ3n) is 16.1. The van der Waals surface area contributed by atoms with Crippen LogP contribution in [0.4, 0.5) is 34.1 Å². The Hall–Kier alpha value is -10.4. The van der Waals surface area contributed by atoms with Crippen LogP contribution in [0.3, 0.4) is 0 Å². The second-order valence-corrected chi connectivity index (χ2v) is 22.7. The predicted molar refractivity (Wildman–Crippen MR) is 388 cm³/mol. The molecule has 3 aliphatic heterocycles. The van der Waals surface area contributed by atoms with E-state index >= 15 is 0 Å². The monoisotopic (exact) mass is 1320 g/mol. The van der Waals surface area contributed by atoms with Gasteiger partial charge in [-0.25, -0.2) is 0 Å². The van der Waals surface area contributed by atoms with Crippen LogP contribution in [0.25, 0.3) is 0 Å². The molecule has 6 amide bonds. The maximum atomic E-state index is 12.3. The van der Waals surface area contributed by atoms with E-state index < -0.39 is 0 Å². The molecular weight excluding hydrogens is 1220 g/mol. The lowest BCUT2D eigenvalue weighted by Crippen LogP contribution is -2.29. The number of amides is 6.